The van der Waals surface area contributed by atoms with Crippen LogP contribution in [0.4, 0.5) is 0 Å². The highest BCUT2D eigenvalue weighted by Crippen LogP contribution is 2.38. The first-order valence-corrected chi connectivity index (χ1v) is 9.06. The van der Waals surface area contributed by atoms with Gasteiger partial charge in [0.1, 0.15) is 12.0 Å². The van der Waals surface area contributed by atoms with Crippen molar-refractivity contribution in [1.29, 1.82) is 5.26 Å². The first kappa shape index (κ1) is 16.8. The molecule has 0 radical (unpaired) electrons. The Kier molecular flexibility index (Phi) is 5.39. The zero-order chi connectivity index (χ0) is 16.9. The van der Waals surface area contributed by atoms with Crippen molar-refractivity contribution >= 4 is 11.3 Å². The average molecular weight is 343 g/mol. The third-order valence-corrected chi connectivity index (χ3v) is 5.38. The van der Waals surface area contributed by atoms with Crippen LogP contribution >= 0.6 is 11.3 Å². The minimum Gasteiger partial charge on any atom is -0.493 e. The molecule has 24 heavy (non-hydrogen) atoms. The summed E-state index contributed by atoms with van der Waals surface area (Å²) in [5, 5.41) is 22.0. The molecule has 4 nitrogen and oxygen atoms in total. The number of benzene rings is 1. The van der Waals surface area contributed by atoms with Gasteiger partial charge in [-0.3, -0.25) is 0 Å². The molecular formula is C19H21NO3S. The van der Waals surface area contributed by atoms with Crippen LogP contribution in [0, 0.1) is 11.3 Å². The van der Waals surface area contributed by atoms with Crippen molar-refractivity contribution in [2.45, 2.75) is 43.8 Å². The Hall–Kier alpha value is -2.03. The molecule has 0 spiro atoms. The lowest BCUT2D eigenvalue weighted by atomic mass is 9.93. The van der Waals surface area contributed by atoms with Gasteiger partial charge in [-0.1, -0.05) is 12.1 Å². The van der Waals surface area contributed by atoms with Crippen molar-refractivity contribution in [1.82, 2.24) is 0 Å². The number of aliphatic hydroxyl groups excluding tert-OH is 1. The molecule has 0 saturated heterocycles. The van der Waals surface area contributed by atoms with E-state index in [0.717, 1.165) is 23.3 Å². The monoisotopic (exact) mass is 343 g/mol. The summed E-state index contributed by atoms with van der Waals surface area (Å²) >= 11 is 1.45. The molecule has 3 rings (SSSR count). The Bertz CT molecular complexity index is 702. The van der Waals surface area contributed by atoms with Gasteiger partial charge in [0.25, 0.3) is 0 Å². The van der Waals surface area contributed by atoms with Gasteiger partial charge in [0.15, 0.2) is 11.5 Å². The van der Waals surface area contributed by atoms with Gasteiger partial charge >= 0.3 is 0 Å². The molecule has 2 unspecified atom stereocenters. The van der Waals surface area contributed by atoms with E-state index in [1.807, 2.05) is 35.7 Å². The van der Waals surface area contributed by atoms with Gasteiger partial charge in [-0.05, 0) is 54.8 Å². The highest BCUT2D eigenvalue weighted by Gasteiger charge is 2.25. The molecule has 1 aliphatic rings. The second-order valence-electron chi connectivity index (χ2n) is 6.00. The maximum Gasteiger partial charge on any atom is 0.161 e. The molecule has 126 valence electrons. The Balaban J connectivity index is 1.87. The summed E-state index contributed by atoms with van der Waals surface area (Å²) in [6.07, 6.45) is 3.83. The predicted molar refractivity (Wildman–Crippen MR) is 93.5 cm³/mol. The molecule has 2 aromatic rings. The fraction of sp³-hybridized carbons (Fsp3) is 0.421. The topological polar surface area (TPSA) is 62.5 Å². The Morgan fingerprint density at radius 3 is 2.67 bits per heavy atom. The summed E-state index contributed by atoms with van der Waals surface area (Å²) in [4.78, 5) is 0.788. The fourth-order valence-electron chi connectivity index (χ4n) is 3.12. The molecule has 0 amide bonds. The zero-order valence-electron chi connectivity index (χ0n) is 13.6. The van der Waals surface area contributed by atoms with Crippen LogP contribution in [0.5, 0.6) is 11.5 Å². The van der Waals surface area contributed by atoms with E-state index >= 15 is 0 Å². The standard InChI is InChI=1S/C19H21NO3S/c1-22-16-9-8-13(11-17(16)23-14-5-2-3-6-14)15(12-20)19(21)18-7-4-10-24-18/h4,7-11,14-15,19,21H,2-3,5-6H2,1H3. The number of hydrogen-bond donors (Lipinski definition) is 1. The van der Waals surface area contributed by atoms with Crippen LogP contribution in [-0.2, 0) is 0 Å². The highest BCUT2D eigenvalue weighted by atomic mass is 32.1. The summed E-state index contributed by atoms with van der Waals surface area (Å²) in [5.74, 6) is 0.675. The number of aliphatic hydroxyl groups is 1. The van der Waals surface area contributed by atoms with Crippen LogP contribution in [-0.4, -0.2) is 18.3 Å². The summed E-state index contributed by atoms with van der Waals surface area (Å²) in [6, 6.07) is 11.4. The average Bonchev–Trinajstić information content (AvgIpc) is 3.29. The predicted octanol–water partition coefficient (Wildman–Crippen LogP) is 4.42. The molecule has 1 N–H and O–H groups in total. The molecule has 2 atom stereocenters. The van der Waals surface area contributed by atoms with Crippen LogP contribution in [0.15, 0.2) is 35.7 Å². The number of methoxy groups -OCH3 is 1. The van der Waals surface area contributed by atoms with Crippen LogP contribution in [0.2, 0.25) is 0 Å². The van der Waals surface area contributed by atoms with Crippen LogP contribution < -0.4 is 9.47 Å². The third-order valence-electron chi connectivity index (χ3n) is 4.43. The molecule has 1 heterocycles. The molecule has 1 fully saturated rings. The lowest BCUT2D eigenvalue weighted by Crippen LogP contribution is -2.13. The smallest absolute Gasteiger partial charge is 0.161 e. The first-order chi connectivity index (χ1) is 11.7. The Morgan fingerprint density at radius 1 is 1.25 bits per heavy atom. The SMILES string of the molecule is COc1ccc(C(C#N)C(O)c2cccs2)cc1OC1CCCC1. The number of rotatable bonds is 6. The first-order valence-electron chi connectivity index (χ1n) is 8.18. The second-order valence-corrected chi connectivity index (χ2v) is 6.98. The van der Waals surface area contributed by atoms with E-state index in [4.69, 9.17) is 9.47 Å². The van der Waals surface area contributed by atoms with Crippen molar-refractivity contribution in [2.75, 3.05) is 7.11 Å². The summed E-state index contributed by atoms with van der Waals surface area (Å²) < 4.78 is 11.5. The van der Waals surface area contributed by atoms with E-state index in [1.165, 1.54) is 24.2 Å². The van der Waals surface area contributed by atoms with Crippen molar-refractivity contribution in [2.24, 2.45) is 0 Å². The normalized spacial score (nSPS) is 17.2. The Labute approximate surface area is 146 Å². The van der Waals surface area contributed by atoms with E-state index in [0.29, 0.717) is 11.5 Å². The number of hydrogen-bond acceptors (Lipinski definition) is 5. The van der Waals surface area contributed by atoms with E-state index in [9.17, 15) is 10.4 Å². The summed E-state index contributed by atoms with van der Waals surface area (Å²) in [7, 11) is 1.61. The number of ether oxygens (including phenoxy) is 2. The van der Waals surface area contributed by atoms with Gasteiger partial charge in [0.05, 0.1) is 19.3 Å². The zero-order valence-corrected chi connectivity index (χ0v) is 14.5. The lowest BCUT2D eigenvalue weighted by molar-refractivity contribution is 0.167. The molecule has 1 aliphatic carbocycles. The molecule has 0 aliphatic heterocycles. The van der Waals surface area contributed by atoms with Gasteiger partial charge in [-0.2, -0.15) is 5.26 Å². The maximum absolute atomic E-state index is 10.5. The van der Waals surface area contributed by atoms with E-state index in [1.54, 1.807) is 7.11 Å². The van der Waals surface area contributed by atoms with Gasteiger partial charge in [0, 0.05) is 4.88 Å². The number of nitrogens with zero attached hydrogens (tertiary/aromatic N) is 1. The van der Waals surface area contributed by atoms with Crippen molar-refractivity contribution in [3.05, 3.63) is 46.2 Å². The summed E-state index contributed by atoms with van der Waals surface area (Å²) in [6.45, 7) is 0. The van der Waals surface area contributed by atoms with E-state index < -0.39 is 12.0 Å². The quantitative estimate of drug-likeness (QED) is 0.843. The van der Waals surface area contributed by atoms with Crippen molar-refractivity contribution < 1.29 is 14.6 Å². The summed E-state index contributed by atoms with van der Waals surface area (Å²) in [5.41, 5.74) is 0.743. The minimum atomic E-state index is -0.845. The second kappa shape index (κ2) is 7.69. The molecule has 5 heteroatoms. The molecule has 1 aromatic heterocycles. The molecule has 0 bridgehead atoms. The van der Waals surface area contributed by atoms with Crippen LogP contribution in [0.25, 0.3) is 0 Å². The van der Waals surface area contributed by atoms with Crippen molar-refractivity contribution in [3.8, 4) is 17.6 Å². The number of nitriles is 1. The van der Waals surface area contributed by atoms with E-state index in [-0.39, 0.29) is 6.10 Å². The number of thiophene rings is 1. The third kappa shape index (κ3) is 3.55. The van der Waals surface area contributed by atoms with E-state index in [2.05, 4.69) is 6.07 Å². The van der Waals surface area contributed by atoms with Gasteiger partial charge < -0.3 is 14.6 Å². The highest BCUT2D eigenvalue weighted by molar-refractivity contribution is 7.10. The molecule has 1 aromatic carbocycles. The van der Waals surface area contributed by atoms with Gasteiger partial charge in [0.2, 0.25) is 0 Å². The molecule has 1 saturated carbocycles. The minimum absolute atomic E-state index is 0.205. The van der Waals surface area contributed by atoms with Crippen LogP contribution in [0.3, 0.4) is 0 Å². The molecular weight excluding hydrogens is 322 g/mol. The Morgan fingerprint density at radius 2 is 2.04 bits per heavy atom. The maximum atomic E-state index is 10.5. The van der Waals surface area contributed by atoms with Crippen molar-refractivity contribution in [3.63, 3.8) is 0 Å². The lowest BCUT2D eigenvalue weighted by Gasteiger charge is -2.20. The largest absolute Gasteiger partial charge is 0.493 e. The van der Waals surface area contributed by atoms with Crippen LogP contribution in [0.1, 0.15) is 48.1 Å². The van der Waals surface area contributed by atoms with Gasteiger partial charge in [-0.25, -0.2) is 0 Å². The van der Waals surface area contributed by atoms with Gasteiger partial charge in [-0.15, -0.1) is 11.3 Å². The fourth-order valence-corrected chi connectivity index (χ4v) is 3.86.